The van der Waals surface area contributed by atoms with Crippen LogP contribution in [0, 0.1) is 11.3 Å². The van der Waals surface area contributed by atoms with E-state index in [2.05, 4.69) is 0 Å². The second-order valence-electron chi connectivity index (χ2n) is 4.94. The fourth-order valence-corrected chi connectivity index (χ4v) is 3.24. The van der Waals surface area contributed by atoms with Crippen LogP contribution in [-0.4, -0.2) is 10.2 Å². The van der Waals surface area contributed by atoms with Gasteiger partial charge in [0.1, 0.15) is 28.9 Å². The van der Waals surface area contributed by atoms with E-state index in [0.717, 1.165) is 6.07 Å². The van der Waals surface area contributed by atoms with Gasteiger partial charge in [-0.25, -0.2) is 0 Å². The van der Waals surface area contributed by atoms with Crippen LogP contribution in [0.1, 0.15) is 17.0 Å². The van der Waals surface area contributed by atoms with Crippen molar-refractivity contribution in [2.45, 2.75) is 5.92 Å². The minimum absolute atomic E-state index is 0.0773. The monoisotopic (exact) mass is 348 g/mol. The van der Waals surface area contributed by atoms with E-state index >= 15 is 0 Å². The third-order valence-electron chi connectivity index (χ3n) is 3.58. The number of allylic oxidation sites excluding steroid dienone is 1. The Hall–Kier alpha value is -2.55. The van der Waals surface area contributed by atoms with Gasteiger partial charge >= 0.3 is 0 Å². The zero-order chi connectivity index (χ0) is 16.7. The molecule has 0 aromatic heterocycles. The molecule has 0 aliphatic carbocycles. The summed E-state index contributed by atoms with van der Waals surface area (Å²) < 4.78 is 5.36. The van der Waals surface area contributed by atoms with Crippen LogP contribution in [0.4, 0.5) is 0 Å². The highest BCUT2D eigenvalue weighted by molar-refractivity contribution is 6.36. The van der Waals surface area contributed by atoms with E-state index in [-0.39, 0.29) is 34.3 Å². The molecule has 4 N–H and O–H groups in total. The lowest BCUT2D eigenvalue weighted by Crippen LogP contribution is -2.21. The van der Waals surface area contributed by atoms with Gasteiger partial charge in [0.25, 0.3) is 0 Å². The number of nitrogens with two attached hydrogens (primary N) is 1. The maximum Gasteiger partial charge on any atom is 0.205 e. The van der Waals surface area contributed by atoms with Crippen LogP contribution in [0.25, 0.3) is 0 Å². The molecule has 0 radical (unpaired) electrons. The number of phenols is 2. The summed E-state index contributed by atoms with van der Waals surface area (Å²) in [6.45, 7) is 0. The molecule has 116 valence electrons. The molecule has 0 saturated carbocycles. The predicted octanol–water partition coefficient (Wildman–Crippen LogP) is 3.62. The zero-order valence-corrected chi connectivity index (χ0v) is 13.1. The van der Waals surface area contributed by atoms with E-state index in [1.165, 1.54) is 6.07 Å². The van der Waals surface area contributed by atoms with Crippen molar-refractivity contribution in [1.82, 2.24) is 0 Å². The van der Waals surface area contributed by atoms with Crippen molar-refractivity contribution in [2.75, 3.05) is 0 Å². The summed E-state index contributed by atoms with van der Waals surface area (Å²) in [5, 5.41) is 30.0. The smallest absolute Gasteiger partial charge is 0.205 e. The minimum atomic E-state index is -0.800. The maximum absolute atomic E-state index is 10.3. The van der Waals surface area contributed by atoms with E-state index in [4.69, 9.17) is 33.7 Å². The standard InChI is InChI=1S/C16H10Cl2N2O3/c17-9-2-1-3-10(18)14(9)13-8(6-19)16(20)23-12-5-7(21)4-11(22)15(12)13/h1-5,13,21-22H,20H2/t13-/m0/s1. The van der Waals surface area contributed by atoms with Crippen molar-refractivity contribution in [1.29, 1.82) is 5.26 Å². The molecular formula is C16H10Cl2N2O3. The van der Waals surface area contributed by atoms with Crippen LogP contribution in [0.5, 0.6) is 17.2 Å². The molecule has 5 nitrogen and oxygen atoms in total. The quantitative estimate of drug-likeness (QED) is 0.730. The summed E-state index contributed by atoms with van der Waals surface area (Å²) in [5.41, 5.74) is 6.59. The Morgan fingerprint density at radius 1 is 1.13 bits per heavy atom. The Labute approximate surface area is 141 Å². The van der Waals surface area contributed by atoms with Gasteiger partial charge in [-0.3, -0.25) is 0 Å². The molecule has 0 amide bonds. The molecule has 2 aromatic rings. The first kappa shape index (κ1) is 15.3. The van der Waals surface area contributed by atoms with Crippen LogP contribution < -0.4 is 10.5 Å². The minimum Gasteiger partial charge on any atom is -0.508 e. The van der Waals surface area contributed by atoms with Gasteiger partial charge in [-0.2, -0.15) is 5.26 Å². The van der Waals surface area contributed by atoms with Crippen molar-refractivity contribution >= 4 is 23.2 Å². The third kappa shape index (κ3) is 2.42. The van der Waals surface area contributed by atoms with Crippen molar-refractivity contribution in [2.24, 2.45) is 5.73 Å². The Morgan fingerprint density at radius 2 is 1.78 bits per heavy atom. The predicted molar refractivity (Wildman–Crippen MR) is 85.5 cm³/mol. The van der Waals surface area contributed by atoms with E-state index in [1.807, 2.05) is 6.07 Å². The van der Waals surface area contributed by atoms with Crippen molar-refractivity contribution < 1.29 is 14.9 Å². The molecule has 1 atom stereocenters. The summed E-state index contributed by atoms with van der Waals surface area (Å²) in [5.74, 6) is -1.24. The van der Waals surface area contributed by atoms with Gasteiger partial charge in [-0.1, -0.05) is 29.3 Å². The highest BCUT2D eigenvalue weighted by Gasteiger charge is 2.35. The Balaban J connectivity index is 2.37. The number of benzene rings is 2. The summed E-state index contributed by atoms with van der Waals surface area (Å²) >= 11 is 12.5. The number of fused-ring (bicyclic) bond motifs is 1. The highest BCUT2D eigenvalue weighted by Crippen LogP contribution is 2.50. The Bertz CT molecular complexity index is 867. The number of aromatic hydroxyl groups is 2. The normalized spacial score (nSPS) is 16.5. The SMILES string of the molecule is N#CC1=C(N)Oc2cc(O)cc(O)c2[C@@H]1c1c(Cl)cccc1Cl. The zero-order valence-electron chi connectivity index (χ0n) is 11.5. The molecule has 2 aromatic carbocycles. The highest BCUT2D eigenvalue weighted by atomic mass is 35.5. The number of nitriles is 1. The lowest BCUT2D eigenvalue weighted by atomic mass is 9.83. The number of halogens is 2. The molecule has 7 heteroatoms. The third-order valence-corrected chi connectivity index (χ3v) is 4.24. The van der Waals surface area contributed by atoms with Crippen LogP contribution in [-0.2, 0) is 0 Å². The van der Waals surface area contributed by atoms with Gasteiger partial charge in [-0.15, -0.1) is 0 Å². The van der Waals surface area contributed by atoms with Crippen LogP contribution in [0.3, 0.4) is 0 Å². The van der Waals surface area contributed by atoms with Crippen LogP contribution >= 0.6 is 23.2 Å². The molecule has 1 aliphatic heterocycles. The van der Waals surface area contributed by atoms with Gasteiger partial charge in [0.2, 0.25) is 5.88 Å². The maximum atomic E-state index is 10.3. The Morgan fingerprint density at radius 3 is 2.39 bits per heavy atom. The van der Waals surface area contributed by atoms with Gasteiger partial charge < -0.3 is 20.7 Å². The number of hydrogen-bond acceptors (Lipinski definition) is 5. The molecule has 0 saturated heterocycles. The fourth-order valence-electron chi connectivity index (χ4n) is 2.63. The average molecular weight is 349 g/mol. The largest absolute Gasteiger partial charge is 0.508 e. The van der Waals surface area contributed by atoms with E-state index in [9.17, 15) is 15.5 Å². The van der Waals surface area contributed by atoms with Crippen molar-refractivity contribution in [3.8, 4) is 23.3 Å². The molecule has 3 rings (SSSR count). The summed E-state index contributed by atoms with van der Waals surface area (Å²) in [6, 6.07) is 9.35. The van der Waals surface area contributed by atoms with Crippen LogP contribution in [0.2, 0.25) is 10.0 Å². The van der Waals surface area contributed by atoms with Gasteiger partial charge in [-0.05, 0) is 12.1 Å². The fraction of sp³-hybridized carbons (Fsp3) is 0.0625. The topological polar surface area (TPSA) is 99.5 Å². The summed E-state index contributed by atoms with van der Waals surface area (Å²) in [7, 11) is 0. The summed E-state index contributed by atoms with van der Waals surface area (Å²) in [6.07, 6.45) is 0. The first-order chi connectivity index (χ1) is 10.9. The molecule has 0 fully saturated rings. The molecule has 0 unspecified atom stereocenters. The molecule has 1 heterocycles. The lowest BCUT2D eigenvalue weighted by molar-refractivity contribution is 0.375. The lowest BCUT2D eigenvalue weighted by Gasteiger charge is -2.28. The number of hydrogen-bond donors (Lipinski definition) is 3. The molecule has 0 spiro atoms. The number of nitrogens with zero attached hydrogens (tertiary/aromatic N) is 1. The first-order valence-corrected chi connectivity index (χ1v) is 7.27. The summed E-state index contributed by atoms with van der Waals surface area (Å²) in [4.78, 5) is 0. The second kappa shape index (κ2) is 5.58. The first-order valence-electron chi connectivity index (χ1n) is 6.51. The Kier molecular flexibility index (Phi) is 3.72. The molecule has 1 aliphatic rings. The molecule has 23 heavy (non-hydrogen) atoms. The van der Waals surface area contributed by atoms with E-state index in [1.54, 1.807) is 18.2 Å². The average Bonchev–Trinajstić information content (AvgIpc) is 2.46. The van der Waals surface area contributed by atoms with Gasteiger partial charge in [0.15, 0.2) is 0 Å². The van der Waals surface area contributed by atoms with Gasteiger partial charge in [0, 0.05) is 33.3 Å². The van der Waals surface area contributed by atoms with Crippen LogP contribution in [0.15, 0.2) is 41.8 Å². The molecule has 0 bridgehead atoms. The number of phenolic OH excluding ortho intramolecular Hbond substituents is 2. The second-order valence-corrected chi connectivity index (χ2v) is 5.75. The number of rotatable bonds is 1. The molecular weight excluding hydrogens is 339 g/mol. The van der Waals surface area contributed by atoms with Gasteiger partial charge in [0.05, 0.1) is 5.92 Å². The van der Waals surface area contributed by atoms with E-state index < -0.39 is 5.92 Å². The van der Waals surface area contributed by atoms with Crippen molar-refractivity contribution in [3.05, 3.63) is 63.0 Å². The number of ether oxygens (including phenoxy) is 1. The van der Waals surface area contributed by atoms with Crippen molar-refractivity contribution in [3.63, 3.8) is 0 Å². The van der Waals surface area contributed by atoms with E-state index in [0.29, 0.717) is 15.6 Å².